The highest BCUT2D eigenvalue weighted by Gasteiger charge is 2.26. The maximum Gasteiger partial charge on any atom is 0.251 e. The lowest BCUT2D eigenvalue weighted by Crippen LogP contribution is -2.45. The number of nitrogens with one attached hydrogen (secondary N) is 1. The quantitative estimate of drug-likeness (QED) is 0.889. The van der Waals surface area contributed by atoms with Gasteiger partial charge in [0.15, 0.2) is 0 Å². The average molecular weight is 329 g/mol. The highest BCUT2D eigenvalue weighted by Crippen LogP contribution is 2.29. The third-order valence-corrected chi connectivity index (χ3v) is 5.41. The van der Waals surface area contributed by atoms with E-state index in [-0.39, 0.29) is 17.9 Å². The molecule has 130 valence electrons. The van der Waals surface area contributed by atoms with Crippen molar-refractivity contribution in [2.75, 3.05) is 18.0 Å². The number of hydrogen-bond acceptors (Lipinski definition) is 3. The van der Waals surface area contributed by atoms with Crippen molar-refractivity contribution in [3.05, 3.63) is 29.3 Å². The SMILES string of the molecule is CC(=O)N1CCc2cc(C(=O)NC(CN)C3CCCCC3)ccc21. The third-order valence-electron chi connectivity index (χ3n) is 5.41. The monoisotopic (exact) mass is 329 g/mol. The standard InChI is InChI=1S/C19H27N3O2/c1-13(23)22-10-9-15-11-16(7-8-18(15)22)19(24)21-17(12-20)14-5-3-2-4-6-14/h7-8,11,14,17H,2-6,9-10,12,20H2,1H3,(H,21,24). The van der Waals surface area contributed by atoms with E-state index in [4.69, 9.17) is 5.73 Å². The molecule has 1 aliphatic heterocycles. The maximum atomic E-state index is 12.6. The summed E-state index contributed by atoms with van der Waals surface area (Å²) in [5, 5.41) is 3.13. The van der Waals surface area contributed by atoms with Gasteiger partial charge in [-0.3, -0.25) is 9.59 Å². The summed E-state index contributed by atoms with van der Waals surface area (Å²) in [7, 11) is 0. The topological polar surface area (TPSA) is 75.4 Å². The normalized spacial score (nSPS) is 19.0. The third kappa shape index (κ3) is 3.46. The molecule has 2 amide bonds. The Labute approximate surface area is 143 Å². The van der Waals surface area contributed by atoms with Crippen LogP contribution in [0.25, 0.3) is 0 Å². The molecular formula is C19H27N3O2. The number of nitrogens with two attached hydrogens (primary N) is 1. The molecule has 0 aromatic heterocycles. The summed E-state index contributed by atoms with van der Waals surface area (Å²) >= 11 is 0. The van der Waals surface area contributed by atoms with E-state index in [9.17, 15) is 9.59 Å². The molecule has 2 aliphatic rings. The molecule has 3 N–H and O–H groups in total. The van der Waals surface area contributed by atoms with Crippen LogP contribution in [0.1, 0.15) is 54.9 Å². The Balaban J connectivity index is 1.70. The van der Waals surface area contributed by atoms with E-state index in [1.165, 1.54) is 19.3 Å². The Kier molecular flexibility index (Phi) is 5.19. The largest absolute Gasteiger partial charge is 0.348 e. The molecule has 1 aromatic rings. The number of fused-ring (bicyclic) bond motifs is 1. The number of nitrogens with zero attached hydrogens (tertiary/aromatic N) is 1. The minimum absolute atomic E-state index is 0.0476. The van der Waals surface area contributed by atoms with Crippen LogP contribution in [0.2, 0.25) is 0 Å². The van der Waals surface area contributed by atoms with Crippen molar-refractivity contribution in [1.82, 2.24) is 5.32 Å². The minimum atomic E-state index is -0.0555. The average Bonchev–Trinajstić information content (AvgIpc) is 3.03. The second-order valence-corrected chi connectivity index (χ2v) is 6.98. The fourth-order valence-corrected chi connectivity index (χ4v) is 4.03. The summed E-state index contributed by atoms with van der Waals surface area (Å²) in [6.45, 7) is 2.76. The van der Waals surface area contributed by atoms with Crippen LogP contribution in [0.15, 0.2) is 18.2 Å². The molecule has 0 radical (unpaired) electrons. The van der Waals surface area contributed by atoms with Crippen LogP contribution < -0.4 is 16.0 Å². The lowest BCUT2D eigenvalue weighted by molar-refractivity contribution is -0.116. The molecule has 5 nitrogen and oxygen atoms in total. The summed E-state index contributed by atoms with van der Waals surface area (Å²) in [5.41, 5.74) is 8.57. The van der Waals surface area contributed by atoms with Gasteiger partial charge in [0.05, 0.1) is 0 Å². The van der Waals surface area contributed by atoms with Crippen molar-refractivity contribution in [1.29, 1.82) is 0 Å². The molecule has 1 fully saturated rings. The van der Waals surface area contributed by atoms with Gasteiger partial charge in [0.25, 0.3) is 5.91 Å². The smallest absolute Gasteiger partial charge is 0.251 e. The Hall–Kier alpha value is -1.88. The summed E-state index contributed by atoms with van der Waals surface area (Å²) in [4.78, 5) is 26.0. The van der Waals surface area contributed by atoms with Crippen molar-refractivity contribution in [3.8, 4) is 0 Å². The van der Waals surface area contributed by atoms with Crippen LogP contribution in [-0.2, 0) is 11.2 Å². The zero-order valence-corrected chi connectivity index (χ0v) is 14.4. The van der Waals surface area contributed by atoms with Crippen LogP contribution in [0.3, 0.4) is 0 Å². The first kappa shape index (κ1) is 17.0. The van der Waals surface area contributed by atoms with Crippen molar-refractivity contribution >= 4 is 17.5 Å². The van der Waals surface area contributed by atoms with E-state index < -0.39 is 0 Å². The Bertz CT molecular complexity index is 623. The molecule has 3 rings (SSSR count). The summed E-state index contributed by atoms with van der Waals surface area (Å²) in [6.07, 6.45) is 6.87. The minimum Gasteiger partial charge on any atom is -0.348 e. The van der Waals surface area contributed by atoms with E-state index in [1.54, 1.807) is 11.8 Å². The van der Waals surface area contributed by atoms with E-state index in [1.807, 2.05) is 18.2 Å². The van der Waals surface area contributed by atoms with Gasteiger partial charge >= 0.3 is 0 Å². The lowest BCUT2D eigenvalue weighted by atomic mass is 9.84. The zero-order chi connectivity index (χ0) is 17.1. The Morgan fingerprint density at radius 3 is 2.71 bits per heavy atom. The van der Waals surface area contributed by atoms with E-state index in [0.717, 1.165) is 30.5 Å². The van der Waals surface area contributed by atoms with Crippen molar-refractivity contribution in [3.63, 3.8) is 0 Å². The Morgan fingerprint density at radius 2 is 2.04 bits per heavy atom. The number of hydrogen-bond donors (Lipinski definition) is 2. The van der Waals surface area contributed by atoms with Crippen LogP contribution in [-0.4, -0.2) is 30.9 Å². The number of benzene rings is 1. The summed E-state index contributed by atoms with van der Waals surface area (Å²) in [5.74, 6) is 0.488. The molecule has 1 aromatic carbocycles. The fraction of sp³-hybridized carbons (Fsp3) is 0.579. The lowest BCUT2D eigenvalue weighted by Gasteiger charge is -2.30. The number of amides is 2. The fourth-order valence-electron chi connectivity index (χ4n) is 4.03. The van der Waals surface area contributed by atoms with Gasteiger partial charge in [-0.2, -0.15) is 0 Å². The molecule has 0 spiro atoms. The maximum absolute atomic E-state index is 12.6. The Morgan fingerprint density at radius 1 is 1.29 bits per heavy atom. The molecule has 0 saturated heterocycles. The zero-order valence-electron chi connectivity index (χ0n) is 14.4. The van der Waals surface area contributed by atoms with Crippen molar-refractivity contribution in [2.45, 2.75) is 51.5 Å². The van der Waals surface area contributed by atoms with Gasteiger partial charge in [-0.25, -0.2) is 0 Å². The summed E-state index contributed by atoms with van der Waals surface area (Å²) < 4.78 is 0. The van der Waals surface area contributed by atoms with Crippen molar-refractivity contribution < 1.29 is 9.59 Å². The first-order chi connectivity index (χ1) is 11.6. The van der Waals surface area contributed by atoms with Gasteiger partial charge in [0.2, 0.25) is 5.91 Å². The van der Waals surface area contributed by atoms with Gasteiger partial charge in [0, 0.05) is 37.3 Å². The highest BCUT2D eigenvalue weighted by molar-refractivity contribution is 5.98. The second kappa shape index (κ2) is 7.34. The predicted octanol–water partition coefficient (Wildman–Crippen LogP) is 2.23. The second-order valence-electron chi connectivity index (χ2n) is 6.98. The molecule has 0 bridgehead atoms. The van der Waals surface area contributed by atoms with E-state index >= 15 is 0 Å². The molecule has 1 unspecified atom stereocenters. The van der Waals surface area contributed by atoms with E-state index in [0.29, 0.717) is 24.6 Å². The number of carbonyl (C=O) groups excluding carboxylic acids is 2. The van der Waals surface area contributed by atoms with Gasteiger partial charge in [-0.05, 0) is 48.9 Å². The molecule has 1 heterocycles. The van der Waals surface area contributed by atoms with Gasteiger partial charge in [0.1, 0.15) is 0 Å². The first-order valence-corrected chi connectivity index (χ1v) is 9.02. The van der Waals surface area contributed by atoms with Crippen LogP contribution in [0, 0.1) is 5.92 Å². The molecule has 5 heteroatoms. The van der Waals surface area contributed by atoms with Crippen LogP contribution in [0.5, 0.6) is 0 Å². The number of carbonyl (C=O) groups is 2. The van der Waals surface area contributed by atoms with Crippen LogP contribution in [0.4, 0.5) is 5.69 Å². The molecule has 24 heavy (non-hydrogen) atoms. The molecule has 1 atom stereocenters. The predicted molar refractivity (Wildman–Crippen MR) is 95.1 cm³/mol. The highest BCUT2D eigenvalue weighted by atomic mass is 16.2. The molecular weight excluding hydrogens is 302 g/mol. The molecule has 1 saturated carbocycles. The number of rotatable bonds is 4. The van der Waals surface area contributed by atoms with Gasteiger partial charge in [-0.15, -0.1) is 0 Å². The summed E-state index contributed by atoms with van der Waals surface area (Å²) in [6, 6.07) is 5.67. The first-order valence-electron chi connectivity index (χ1n) is 9.02. The van der Waals surface area contributed by atoms with Gasteiger partial charge < -0.3 is 16.0 Å². The van der Waals surface area contributed by atoms with Crippen molar-refractivity contribution in [2.24, 2.45) is 11.7 Å². The van der Waals surface area contributed by atoms with Gasteiger partial charge in [-0.1, -0.05) is 19.3 Å². The molecule has 1 aliphatic carbocycles. The van der Waals surface area contributed by atoms with Crippen LogP contribution >= 0.6 is 0 Å². The number of anilines is 1. The van der Waals surface area contributed by atoms with E-state index in [2.05, 4.69) is 5.32 Å².